The molecular weight excluding hydrogens is 296 g/mol. The van der Waals surface area contributed by atoms with Gasteiger partial charge < -0.3 is 5.32 Å². The van der Waals surface area contributed by atoms with Crippen LogP contribution in [0, 0.1) is 16.7 Å². The second-order valence-electron chi connectivity index (χ2n) is 4.95. The number of nitrogens with zero attached hydrogens (tertiary/aromatic N) is 1. The molecule has 1 aromatic heterocycles. The maximum Gasteiger partial charge on any atom is 0.0701 e. The molecule has 0 bridgehead atoms. The van der Waals surface area contributed by atoms with E-state index < -0.39 is 0 Å². The van der Waals surface area contributed by atoms with E-state index in [2.05, 4.69) is 53.3 Å². The highest BCUT2D eigenvalue weighted by Gasteiger charge is 2.16. The quantitative estimate of drug-likeness (QED) is 0.773. The molecule has 0 spiro atoms. The van der Waals surface area contributed by atoms with Gasteiger partial charge in [0.05, 0.1) is 9.86 Å². The van der Waals surface area contributed by atoms with Crippen molar-refractivity contribution in [1.82, 2.24) is 5.32 Å². The van der Waals surface area contributed by atoms with Crippen molar-refractivity contribution in [2.75, 3.05) is 13.1 Å². The number of nitriles is 1. The summed E-state index contributed by atoms with van der Waals surface area (Å²) in [6.07, 6.45) is 2.68. The van der Waals surface area contributed by atoms with Crippen molar-refractivity contribution in [3.63, 3.8) is 0 Å². The Labute approximate surface area is 116 Å². The molecule has 94 valence electrons. The summed E-state index contributed by atoms with van der Waals surface area (Å²) in [5, 5.41) is 12.1. The van der Waals surface area contributed by atoms with Gasteiger partial charge in [0.25, 0.3) is 0 Å². The normalized spacial score (nSPS) is 11.4. The number of hydrogen-bond acceptors (Lipinski definition) is 3. The van der Waals surface area contributed by atoms with Crippen molar-refractivity contribution < 1.29 is 0 Å². The van der Waals surface area contributed by atoms with Gasteiger partial charge in [0.15, 0.2) is 0 Å². The molecule has 0 aliphatic carbocycles. The van der Waals surface area contributed by atoms with Gasteiger partial charge in [-0.15, -0.1) is 11.3 Å². The average Bonchev–Trinajstić information content (AvgIpc) is 2.68. The number of rotatable bonds is 7. The van der Waals surface area contributed by atoms with E-state index in [9.17, 15) is 0 Å². The molecule has 0 saturated carbocycles. The first-order valence-corrected chi connectivity index (χ1v) is 7.46. The monoisotopic (exact) mass is 314 g/mol. The average molecular weight is 315 g/mol. The van der Waals surface area contributed by atoms with Crippen LogP contribution in [0.4, 0.5) is 0 Å². The largest absolute Gasteiger partial charge is 0.316 e. The van der Waals surface area contributed by atoms with E-state index in [1.165, 1.54) is 8.66 Å². The zero-order valence-electron chi connectivity index (χ0n) is 10.4. The minimum Gasteiger partial charge on any atom is -0.316 e. The van der Waals surface area contributed by atoms with Crippen LogP contribution in [0.25, 0.3) is 0 Å². The van der Waals surface area contributed by atoms with Crippen molar-refractivity contribution in [2.45, 2.75) is 33.1 Å². The Morgan fingerprint density at radius 2 is 2.24 bits per heavy atom. The third kappa shape index (κ3) is 6.21. The fourth-order valence-electron chi connectivity index (χ4n) is 1.61. The van der Waals surface area contributed by atoms with Crippen LogP contribution in [0.5, 0.6) is 0 Å². The molecule has 0 radical (unpaired) electrons. The van der Waals surface area contributed by atoms with Gasteiger partial charge in [-0.1, -0.05) is 13.8 Å². The third-order valence-corrected chi connectivity index (χ3v) is 4.38. The highest BCUT2D eigenvalue weighted by molar-refractivity contribution is 9.11. The topological polar surface area (TPSA) is 35.8 Å². The van der Waals surface area contributed by atoms with Crippen molar-refractivity contribution in [2.24, 2.45) is 5.41 Å². The summed E-state index contributed by atoms with van der Waals surface area (Å²) in [4.78, 5) is 1.40. The van der Waals surface area contributed by atoms with Gasteiger partial charge in [0.1, 0.15) is 0 Å². The van der Waals surface area contributed by atoms with E-state index in [0.717, 1.165) is 25.9 Å². The van der Waals surface area contributed by atoms with Gasteiger partial charge in [-0.3, -0.25) is 0 Å². The number of thiophene rings is 1. The van der Waals surface area contributed by atoms with Crippen molar-refractivity contribution in [3.05, 3.63) is 20.8 Å². The first-order chi connectivity index (χ1) is 8.03. The fraction of sp³-hybridized carbons (Fsp3) is 0.615. The molecule has 0 aliphatic heterocycles. The van der Waals surface area contributed by atoms with Crippen molar-refractivity contribution >= 4 is 27.3 Å². The van der Waals surface area contributed by atoms with Crippen LogP contribution < -0.4 is 5.32 Å². The number of nitrogens with one attached hydrogen (secondary N) is 1. The molecule has 2 nitrogen and oxygen atoms in total. The molecule has 0 aliphatic rings. The van der Waals surface area contributed by atoms with Gasteiger partial charge in [0.2, 0.25) is 0 Å². The zero-order valence-corrected chi connectivity index (χ0v) is 12.8. The third-order valence-electron chi connectivity index (χ3n) is 2.69. The van der Waals surface area contributed by atoms with Crippen LogP contribution in [0.1, 0.15) is 31.6 Å². The molecule has 4 heteroatoms. The highest BCUT2D eigenvalue weighted by Crippen LogP contribution is 2.23. The van der Waals surface area contributed by atoms with Crippen LogP contribution in [0.3, 0.4) is 0 Å². The molecule has 0 aromatic carbocycles. The van der Waals surface area contributed by atoms with Crippen LogP contribution in [0.2, 0.25) is 0 Å². The van der Waals surface area contributed by atoms with E-state index in [-0.39, 0.29) is 5.41 Å². The Morgan fingerprint density at radius 3 is 2.82 bits per heavy atom. The molecular formula is C13H19BrN2S. The van der Waals surface area contributed by atoms with Gasteiger partial charge in [-0.2, -0.15) is 5.26 Å². The van der Waals surface area contributed by atoms with E-state index in [0.29, 0.717) is 6.42 Å². The Balaban J connectivity index is 2.17. The summed E-state index contributed by atoms with van der Waals surface area (Å²) < 4.78 is 1.20. The van der Waals surface area contributed by atoms with E-state index >= 15 is 0 Å². The predicted molar refractivity (Wildman–Crippen MR) is 77.2 cm³/mol. The Bertz CT molecular complexity index is 379. The van der Waals surface area contributed by atoms with Gasteiger partial charge in [-0.25, -0.2) is 0 Å². The lowest BCUT2D eigenvalue weighted by atomic mass is 9.88. The molecule has 17 heavy (non-hydrogen) atoms. The van der Waals surface area contributed by atoms with Crippen LogP contribution >= 0.6 is 27.3 Å². The summed E-state index contributed by atoms with van der Waals surface area (Å²) in [7, 11) is 0. The lowest BCUT2D eigenvalue weighted by molar-refractivity contribution is 0.319. The first kappa shape index (κ1) is 14.7. The lowest BCUT2D eigenvalue weighted by Crippen LogP contribution is -2.30. The first-order valence-electron chi connectivity index (χ1n) is 5.85. The molecule has 1 rings (SSSR count). The molecule has 0 fully saturated rings. The molecule has 0 atom stereocenters. The second kappa shape index (κ2) is 7.15. The summed E-state index contributed by atoms with van der Waals surface area (Å²) in [5.74, 6) is 0. The molecule has 1 N–H and O–H groups in total. The van der Waals surface area contributed by atoms with E-state index in [1.54, 1.807) is 11.3 Å². The Morgan fingerprint density at radius 1 is 1.47 bits per heavy atom. The summed E-state index contributed by atoms with van der Waals surface area (Å²) in [6.45, 7) is 6.39. The highest BCUT2D eigenvalue weighted by atomic mass is 79.9. The van der Waals surface area contributed by atoms with Gasteiger partial charge in [0, 0.05) is 17.8 Å². The van der Waals surface area contributed by atoms with Crippen LogP contribution in [0.15, 0.2) is 15.9 Å². The number of halogens is 1. The summed E-state index contributed by atoms with van der Waals surface area (Å²) in [6, 6.07) is 6.47. The zero-order chi connectivity index (χ0) is 12.7. The van der Waals surface area contributed by atoms with Gasteiger partial charge >= 0.3 is 0 Å². The Hall–Kier alpha value is -0.370. The standard InChI is InChI=1S/C13H19BrN2S/c1-13(2,7-3-8-15)10-16-9-6-11-4-5-12(14)17-11/h4-5,16H,3,6-7,9-10H2,1-2H3. The minimum absolute atomic E-state index is 0.214. The van der Waals surface area contributed by atoms with Crippen molar-refractivity contribution in [1.29, 1.82) is 5.26 Å². The maximum atomic E-state index is 8.58. The SMILES string of the molecule is CC(C)(CCC#N)CNCCc1ccc(Br)s1. The van der Waals surface area contributed by atoms with Crippen molar-refractivity contribution in [3.8, 4) is 6.07 Å². The van der Waals surface area contributed by atoms with Crippen LogP contribution in [-0.4, -0.2) is 13.1 Å². The molecule has 0 saturated heterocycles. The molecule has 0 amide bonds. The second-order valence-corrected chi connectivity index (χ2v) is 7.50. The maximum absolute atomic E-state index is 8.58. The summed E-state index contributed by atoms with van der Waals surface area (Å²) in [5.41, 5.74) is 0.214. The molecule has 1 aromatic rings. The summed E-state index contributed by atoms with van der Waals surface area (Å²) >= 11 is 5.26. The fourth-order valence-corrected chi connectivity index (χ4v) is 3.09. The van der Waals surface area contributed by atoms with Crippen LogP contribution in [-0.2, 0) is 6.42 Å². The Kier molecular flexibility index (Phi) is 6.18. The minimum atomic E-state index is 0.214. The smallest absolute Gasteiger partial charge is 0.0701 e. The molecule has 0 unspecified atom stereocenters. The van der Waals surface area contributed by atoms with E-state index in [1.807, 2.05) is 0 Å². The van der Waals surface area contributed by atoms with E-state index in [4.69, 9.17) is 5.26 Å². The predicted octanol–water partition coefficient (Wildman–Crippen LogP) is 3.97. The lowest BCUT2D eigenvalue weighted by Gasteiger charge is -2.23. The molecule has 1 heterocycles. The van der Waals surface area contributed by atoms with Gasteiger partial charge in [-0.05, 0) is 52.9 Å². The number of hydrogen-bond donors (Lipinski definition) is 1.